The maximum absolute atomic E-state index is 13.5. The van der Waals surface area contributed by atoms with Crippen LogP contribution in [-0.4, -0.2) is 11.2 Å². The van der Waals surface area contributed by atoms with Crippen LogP contribution in [-0.2, 0) is 5.41 Å². The number of benzene rings is 1. The van der Waals surface area contributed by atoms with E-state index in [1.165, 1.54) is 12.1 Å². The van der Waals surface area contributed by atoms with Crippen molar-refractivity contribution in [3.63, 3.8) is 0 Å². The van der Waals surface area contributed by atoms with E-state index in [1.807, 2.05) is 13.8 Å². The second kappa shape index (κ2) is 4.31. The molecule has 0 aliphatic heterocycles. The van der Waals surface area contributed by atoms with Crippen LogP contribution in [0.5, 0.6) is 0 Å². The van der Waals surface area contributed by atoms with Crippen LogP contribution in [0.4, 0.5) is 4.39 Å². The van der Waals surface area contributed by atoms with Crippen LogP contribution in [0.3, 0.4) is 0 Å². The molecule has 0 atom stereocenters. The molecule has 0 spiro atoms. The lowest BCUT2D eigenvalue weighted by Crippen LogP contribution is -2.20. The van der Waals surface area contributed by atoms with Crippen LogP contribution in [0.25, 0.3) is 0 Å². The molecule has 0 saturated heterocycles. The van der Waals surface area contributed by atoms with Gasteiger partial charge >= 0.3 is 0 Å². The first-order chi connectivity index (χ1) is 6.88. The summed E-state index contributed by atoms with van der Waals surface area (Å²) >= 11 is 3.37. The number of primary amides is 1. The van der Waals surface area contributed by atoms with E-state index in [4.69, 9.17) is 5.73 Å². The van der Waals surface area contributed by atoms with E-state index in [0.717, 1.165) is 10.9 Å². The molecular formula is C11H13BrFNO. The first-order valence-electron chi connectivity index (χ1n) is 4.54. The van der Waals surface area contributed by atoms with Gasteiger partial charge in [-0.25, -0.2) is 4.39 Å². The van der Waals surface area contributed by atoms with Crippen molar-refractivity contribution in [1.82, 2.24) is 0 Å². The van der Waals surface area contributed by atoms with Gasteiger partial charge in [0.2, 0.25) is 0 Å². The van der Waals surface area contributed by atoms with Crippen LogP contribution in [0, 0.1) is 5.82 Å². The molecule has 82 valence electrons. The number of halogens is 2. The van der Waals surface area contributed by atoms with E-state index in [-0.39, 0.29) is 11.0 Å². The third-order valence-corrected chi connectivity index (χ3v) is 3.75. The number of nitrogens with two attached hydrogens (primary N) is 1. The number of rotatable bonds is 3. The summed E-state index contributed by atoms with van der Waals surface area (Å²) in [5.74, 6) is -1.30. The fraction of sp³-hybridized carbons (Fsp3) is 0.364. The van der Waals surface area contributed by atoms with Gasteiger partial charge in [-0.15, -0.1) is 0 Å². The van der Waals surface area contributed by atoms with E-state index < -0.39 is 11.7 Å². The summed E-state index contributed by atoms with van der Waals surface area (Å²) in [5, 5.41) is 0.718. The van der Waals surface area contributed by atoms with Crippen molar-refractivity contribution >= 4 is 21.8 Å². The van der Waals surface area contributed by atoms with Gasteiger partial charge in [0, 0.05) is 5.33 Å². The normalized spacial score (nSPS) is 11.5. The summed E-state index contributed by atoms with van der Waals surface area (Å²) < 4.78 is 13.5. The highest BCUT2D eigenvalue weighted by Crippen LogP contribution is 2.26. The summed E-state index contributed by atoms with van der Waals surface area (Å²) in [6.45, 7) is 3.97. The summed E-state index contributed by atoms with van der Waals surface area (Å²) in [5.41, 5.74) is 5.62. The average molecular weight is 274 g/mol. The predicted octanol–water partition coefficient (Wildman–Crippen LogP) is 2.60. The van der Waals surface area contributed by atoms with Gasteiger partial charge in [0.15, 0.2) is 0 Å². The zero-order chi connectivity index (χ0) is 11.6. The maximum Gasteiger partial charge on any atom is 0.251 e. The Morgan fingerprint density at radius 2 is 2.13 bits per heavy atom. The zero-order valence-corrected chi connectivity index (χ0v) is 10.3. The third-order valence-electron chi connectivity index (χ3n) is 2.35. The number of alkyl halides is 1. The molecule has 0 unspecified atom stereocenters. The van der Waals surface area contributed by atoms with Crippen molar-refractivity contribution in [2.24, 2.45) is 5.73 Å². The van der Waals surface area contributed by atoms with Gasteiger partial charge in [-0.3, -0.25) is 4.79 Å². The standard InChI is InChI=1S/C11H13BrFNO/c1-11(2,6-12)7-3-4-8(10(14)15)9(13)5-7/h3-5H,6H2,1-2H3,(H2,14,15). The molecule has 1 aromatic carbocycles. The minimum Gasteiger partial charge on any atom is -0.366 e. The number of carbonyl (C=O) groups is 1. The molecule has 0 aromatic heterocycles. The highest BCUT2D eigenvalue weighted by atomic mass is 79.9. The highest BCUT2D eigenvalue weighted by Gasteiger charge is 2.21. The van der Waals surface area contributed by atoms with Gasteiger partial charge in [-0.1, -0.05) is 35.8 Å². The van der Waals surface area contributed by atoms with E-state index in [1.54, 1.807) is 6.07 Å². The summed E-state index contributed by atoms with van der Waals surface area (Å²) in [6.07, 6.45) is 0. The molecule has 0 bridgehead atoms. The minimum absolute atomic E-state index is 0.0656. The Kier molecular flexibility index (Phi) is 3.50. The topological polar surface area (TPSA) is 43.1 Å². The summed E-state index contributed by atoms with van der Waals surface area (Å²) in [4.78, 5) is 10.8. The number of hydrogen-bond donors (Lipinski definition) is 1. The first-order valence-corrected chi connectivity index (χ1v) is 5.66. The fourth-order valence-electron chi connectivity index (χ4n) is 1.21. The van der Waals surface area contributed by atoms with E-state index in [2.05, 4.69) is 15.9 Å². The quantitative estimate of drug-likeness (QED) is 0.846. The molecule has 2 N–H and O–H groups in total. The Hall–Kier alpha value is -0.900. The first kappa shape index (κ1) is 12.2. The van der Waals surface area contributed by atoms with Crippen LogP contribution >= 0.6 is 15.9 Å². The molecular weight excluding hydrogens is 261 g/mol. The van der Waals surface area contributed by atoms with Crippen LogP contribution in [0.1, 0.15) is 29.8 Å². The number of hydrogen-bond acceptors (Lipinski definition) is 1. The van der Waals surface area contributed by atoms with Crippen LogP contribution in [0.15, 0.2) is 18.2 Å². The molecule has 4 heteroatoms. The molecule has 15 heavy (non-hydrogen) atoms. The Bertz CT molecular complexity index is 390. The lowest BCUT2D eigenvalue weighted by Gasteiger charge is -2.22. The van der Waals surface area contributed by atoms with Gasteiger partial charge in [0.05, 0.1) is 5.56 Å². The van der Waals surface area contributed by atoms with E-state index in [9.17, 15) is 9.18 Å². The second-order valence-electron chi connectivity index (χ2n) is 4.08. The SMILES string of the molecule is CC(C)(CBr)c1ccc(C(N)=O)c(F)c1. The number of amides is 1. The Morgan fingerprint density at radius 1 is 1.53 bits per heavy atom. The van der Waals surface area contributed by atoms with E-state index in [0.29, 0.717) is 0 Å². The molecule has 2 nitrogen and oxygen atoms in total. The molecule has 0 saturated carbocycles. The largest absolute Gasteiger partial charge is 0.366 e. The predicted molar refractivity (Wildman–Crippen MR) is 61.7 cm³/mol. The van der Waals surface area contributed by atoms with Gasteiger partial charge in [-0.05, 0) is 23.1 Å². The molecule has 1 aromatic rings. The highest BCUT2D eigenvalue weighted by molar-refractivity contribution is 9.09. The lowest BCUT2D eigenvalue weighted by molar-refractivity contribution is 0.0996. The van der Waals surface area contributed by atoms with Crippen LogP contribution < -0.4 is 5.73 Å². The Balaban J connectivity index is 3.18. The smallest absolute Gasteiger partial charge is 0.251 e. The molecule has 0 fully saturated rings. The minimum atomic E-state index is -0.740. The molecule has 1 rings (SSSR count). The monoisotopic (exact) mass is 273 g/mol. The molecule has 0 heterocycles. The van der Waals surface area contributed by atoms with Gasteiger partial charge in [0.25, 0.3) is 5.91 Å². The molecule has 0 aliphatic rings. The Labute approximate surface area is 96.8 Å². The number of carbonyl (C=O) groups excluding carboxylic acids is 1. The summed E-state index contributed by atoms with van der Waals surface area (Å²) in [7, 11) is 0. The van der Waals surface area contributed by atoms with Crippen molar-refractivity contribution in [3.05, 3.63) is 35.1 Å². The zero-order valence-electron chi connectivity index (χ0n) is 8.68. The lowest BCUT2D eigenvalue weighted by atomic mass is 9.86. The molecule has 0 aliphatic carbocycles. The third kappa shape index (κ3) is 2.56. The van der Waals surface area contributed by atoms with E-state index >= 15 is 0 Å². The summed E-state index contributed by atoms with van der Waals surface area (Å²) in [6, 6.07) is 4.52. The average Bonchev–Trinajstić information content (AvgIpc) is 2.17. The van der Waals surface area contributed by atoms with Gasteiger partial charge in [0.1, 0.15) is 5.82 Å². The Morgan fingerprint density at radius 3 is 2.53 bits per heavy atom. The fourth-order valence-corrected chi connectivity index (χ4v) is 1.54. The van der Waals surface area contributed by atoms with Crippen molar-refractivity contribution in [2.45, 2.75) is 19.3 Å². The van der Waals surface area contributed by atoms with Crippen molar-refractivity contribution < 1.29 is 9.18 Å². The van der Waals surface area contributed by atoms with Crippen LogP contribution in [0.2, 0.25) is 0 Å². The van der Waals surface area contributed by atoms with Crippen molar-refractivity contribution in [2.75, 3.05) is 5.33 Å². The van der Waals surface area contributed by atoms with Crippen molar-refractivity contribution in [3.8, 4) is 0 Å². The second-order valence-corrected chi connectivity index (χ2v) is 4.64. The molecule has 0 radical (unpaired) electrons. The molecule has 1 amide bonds. The maximum atomic E-state index is 13.5. The van der Waals surface area contributed by atoms with Gasteiger partial charge < -0.3 is 5.73 Å². The van der Waals surface area contributed by atoms with Crippen molar-refractivity contribution in [1.29, 1.82) is 0 Å². The van der Waals surface area contributed by atoms with Gasteiger partial charge in [-0.2, -0.15) is 0 Å².